The Morgan fingerprint density at radius 2 is 0.750 bits per heavy atom. The normalized spacial score (nSPS) is 14.3. The van der Waals surface area contributed by atoms with E-state index >= 15 is 0 Å². The van der Waals surface area contributed by atoms with Crippen LogP contribution in [0.3, 0.4) is 0 Å². The molecule has 0 aliphatic heterocycles. The summed E-state index contributed by atoms with van der Waals surface area (Å²) in [4.78, 5) is 12.4. The number of allylic oxidation sites excluding steroid dienone is 23. The minimum absolute atomic E-state index is 0.124. The van der Waals surface area contributed by atoms with Gasteiger partial charge in [-0.05, 0) is 109 Å². The molecule has 60 heavy (non-hydrogen) atoms. The Labute approximate surface area is 370 Å². The lowest BCUT2D eigenvalue weighted by molar-refractivity contribution is -0.123. The summed E-state index contributed by atoms with van der Waals surface area (Å²) in [5.74, 6) is -0.124. The Balaban J connectivity index is 3.79. The topological polar surface area (TPSA) is 69.6 Å². The first-order chi connectivity index (χ1) is 29.7. The third kappa shape index (κ3) is 45.4. The third-order valence-electron chi connectivity index (χ3n) is 9.81. The average Bonchev–Trinajstić information content (AvgIpc) is 3.25. The molecule has 2 unspecified atom stereocenters. The van der Waals surface area contributed by atoms with Crippen molar-refractivity contribution in [3.05, 3.63) is 146 Å². The van der Waals surface area contributed by atoms with Crippen LogP contribution in [0.5, 0.6) is 0 Å². The van der Waals surface area contributed by atoms with Gasteiger partial charge in [-0.15, -0.1) is 0 Å². The number of unbranched alkanes of at least 4 members (excludes halogenated alkanes) is 12. The molecule has 0 bridgehead atoms. The van der Waals surface area contributed by atoms with Crippen molar-refractivity contribution >= 4 is 5.91 Å². The summed E-state index contributed by atoms with van der Waals surface area (Å²) < 4.78 is 0. The molecule has 0 heterocycles. The summed E-state index contributed by atoms with van der Waals surface area (Å²) in [7, 11) is 0. The maximum absolute atomic E-state index is 12.4. The van der Waals surface area contributed by atoms with E-state index in [4.69, 9.17) is 0 Å². The second kappa shape index (κ2) is 49.6. The highest BCUT2D eigenvalue weighted by Gasteiger charge is 2.17. The monoisotopic (exact) mass is 824 g/mol. The maximum atomic E-state index is 12.4. The van der Waals surface area contributed by atoms with Crippen molar-refractivity contribution in [2.24, 2.45) is 0 Å². The van der Waals surface area contributed by atoms with Gasteiger partial charge in [0.1, 0.15) is 0 Å². The van der Waals surface area contributed by atoms with E-state index in [9.17, 15) is 15.0 Å². The SMILES string of the molecule is CC/C=C\C/C=C\C/C=C\C/C=C\C/C=C\C/C=C\C/C=C\C/C=C\C/C=C\C/C=C\CCCCC(=O)NC(CO)C(O)/C=C/CC/C=C/CCCCCCCCCCC. The van der Waals surface area contributed by atoms with Gasteiger partial charge in [0, 0.05) is 6.42 Å². The minimum Gasteiger partial charge on any atom is -0.394 e. The fourth-order valence-corrected chi connectivity index (χ4v) is 6.16. The van der Waals surface area contributed by atoms with E-state index in [1.54, 1.807) is 6.08 Å². The van der Waals surface area contributed by atoms with E-state index < -0.39 is 12.1 Å². The molecule has 0 aliphatic carbocycles. The summed E-state index contributed by atoms with van der Waals surface area (Å²) in [5, 5.41) is 23.0. The molecule has 0 aromatic heterocycles. The summed E-state index contributed by atoms with van der Waals surface area (Å²) in [6.07, 6.45) is 79.6. The zero-order valence-corrected chi connectivity index (χ0v) is 38.4. The van der Waals surface area contributed by atoms with Gasteiger partial charge >= 0.3 is 0 Å². The Kier molecular flexibility index (Phi) is 46.5. The Morgan fingerprint density at radius 3 is 1.17 bits per heavy atom. The number of carbonyl (C=O) groups is 1. The summed E-state index contributed by atoms with van der Waals surface area (Å²) >= 11 is 0. The van der Waals surface area contributed by atoms with Crippen LogP contribution in [0.4, 0.5) is 0 Å². The molecule has 4 nitrogen and oxygen atoms in total. The predicted molar refractivity (Wildman–Crippen MR) is 266 cm³/mol. The first-order valence-electron chi connectivity index (χ1n) is 24.0. The minimum atomic E-state index is -0.891. The molecule has 0 aromatic rings. The van der Waals surface area contributed by atoms with E-state index in [1.165, 1.54) is 57.8 Å². The molecule has 336 valence electrons. The van der Waals surface area contributed by atoms with Gasteiger partial charge in [0.15, 0.2) is 0 Å². The van der Waals surface area contributed by atoms with Crippen LogP contribution in [0.2, 0.25) is 0 Å². The molecule has 0 radical (unpaired) electrons. The lowest BCUT2D eigenvalue weighted by atomic mass is 10.1. The van der Waals surface area contributed by atoms with Gasteiger partial charge in [-0.2, -0.15) is 0 Å². The molecule has 0 saturated heterocycles. The number of rotatable bonds is 41. The van der Waals surface area contributed by atoms with Crippen molar-refractivity contribution in [1.29, 1.82) is 0 Å². The molecule has 0 spiro atoms. The van der Waals surface area contributed by atoms with Crippen molar-refractivity contribution in [2.45, 2.75) is 193 Å². The maximum Gasteiger partial charge on any atom is 0.220 e. The number of aliphatic hydroxyl groups excluding tert-OH is 2. The van der Waals surface area contributed by atoms with E-state index in [0.29, 0.717) is 6.42 Å². The summed E-state index contributed by atoms with van der Waals surface area (Å²) in [5.41, 5.74) is 0. The number of amides is 1. The van der Waals surface area contributed by atoms with Crippen molar-refractivity contribution in [3.8, 4) is 0 Å². The van der Waals surface area contributed by atoms with Gasteiger partial charge in [0.25, 0.3) is 0 Å². The molecule has 0 aromatic carbocycles. The molecule has 4 heteroatoms. The van der Waals surface area contributed by atoms with Crippen molar-refractivity contribution < 1.29 is 15.0 Å². The Morgan fingerprint density at radius 1 is 0.417 bits per heavy atom. The van der Waals surface area contributed by atoms with Crippen LogP contribution in [0.15, 0.2) is 146 Å². The number of carbonyl (C=O) groups excluding carboxylic acids is 1. The lowest BCUT2D eigenvalue weighted by Crippen LogP contribution is -2.45. The molecule has 0 aliphatic rings. The van der Waals surface area contributed by atoms with Crippen LogP contribution in [0.1, 0.15) is 181 Å². The number of nitrogens with one attached hydrogen (secondary N) is 1. The quantitative estimate of drug-likeness (QED) is 0.0425. The molecule has 0 saturated carbocycles. The number of aliphatic hydroxyl groups is 2. The highest BCUT2D eigenvalue weighted by atomic mass is 16.3. The molecule has 1 amide bonds. The summed E-state index contributed by atoms with van der Waals surface area (Å²) in [6, 6.07) is -0.673. The lowest BCUT2D eigenvalue weighted by Gasteiger charge is -2.19. The zero-order valence-electron chi connectivity index (χ0n) is 38.4. The smallest absolute Gasteiger partial charge is 0.220 e. The standard InChI is InChI=1S/C56H89NO3/c1-3-5-7-9-11-13-15-17-19-20-21-22-23-24-25-26-27-28-29-30-31-32-33-34-35-36-38-40-42-44-46-48-50-52-56(60)57-54(53-58)55(59)51-49-47-45-43-41-39-37-18-16-14-12-10-8-6-4-2/h5,7,11,13,17,19,21-22,24-25,27-28,30-31,33-34,36,38,41-44,49,51,54-55,58-59H,3-4,6,8-10,12,14-16,18,20,23,26,29,32,35,37,39-40,45-48,50,52-53H2,1-2H3,(H,57,60)/b7-5-,13-11-,19-17-,22-21-,25-24-,28-27-,31-30-,34-33-,38-36-,43-41+,44-42-,51-49+. The van der Waals surface area contributed by atoms with Gasteiger partial charge in [0.2, 0.25) is 5.91 Å². The van der Waals surface area contributed by atoms with Gasteiger partial charge in [0.05, 0.1) is 18.8 Å². The van der Waals surface area contributed by atoms with E-state index in [2.05, 4.69) is 153 Å². The predicted octanol–water partition coefficient (Wildman–Crippen LogP) is 15.7. The largest absolute Gasteiger partial charge is 0.394 e. The summed E-state index contributed by atoms with van der Waals surface area (Å²) in [6.45, 7) is 4.14. The first-order valence-corrected chi connectivity index (χ1v) is 24.0. The molecular weight excluding hydrogens is 735 g/mol. The van der Waals surface area contributed by atoms with Crippen molar-refractivity contribution in [3.63, 3.8) is 0 Å². The molecule has 0 fully saturated rings. The van der Waals surface area contributed by atoms with E-state index in [0.717, 1.165) is 103 Å². The van der Waals surface area contributed by atoms with Gasteiger partial charge in [-0.3, -0.25) is 4.79 Å². The molecular formula is C56H89NO3. The molecule has 3 N–H and O–H groups in total. The Bertz CT molecular complexity index is 1300. The fraction of sp³-hybridized carbons (Fsp3) is 0.554. The second-order valence-corrected chi connectivity index (χ2v) is 15.4. The second-order valence-electron chi connectivity index (χ2n) is 15.4. The van der Waals surface area contributed by atoms with Crippen LogP contribution < -0.4 is 5.32 Å². The highest BCUT2D eigenvalue weighted by molar-refractivity contribution is 5.76. The number of hydrogen-bond donors (Lipinski definition) is 3. The average molecular weight is 824 g/mol. The fourth-order valence-electron chi connectivity index (χ4n) is 6.16. The highest BCUT2D eigenvalue weighted by Crippen LogP contribution is 2.11. The van der Waals surface area contributed by atoms with Crippen LogP contribution in [-0.4, -0.2) is 34.9 Å². The van der Waals surface area contributed by atoms with Crippen LogP contribution >= 0.6 is 0 Å². The van der Waals surface area contributed by atoms with Gasteiger partial charge in [-0.1, -0.05) is 211 Å². The molecule has 0 rings (SSSR count). The molecule has 2 atom stereocenters. The van der Waals surface area contributed by atoms with Crippen LogP contribution in [0, 0.1) is 0 Å². The van der Waals surface area contributed by atoms with E-state index in [1.807, 2.05) is 6.08 Å². The van der Waals surface area contributed by atoms with Crippen molar-refractivity contribution in [1.82, 2.24) is 5.32 Å². The van der Waals surface area contributed by atoms with Crippen LogP contribution in [-0.2, 0) is 4.79 Å². The Hall–Kier alpha value is -3.73. The zero-order chi connectivity index (χ0) is 43.5. The van der Waals surface area contributed by atoms with E-state index in [-0.39, 0.29) is 12.5 Å². The van der Waals surface area contributed by atoms with Gasteiger partial charge in [-0.25, -0.2) is 0 Å². The van der Waals surface area contributed by atoms with Gasteiger partial charge < -0.3 is 15.5 Å². The van der Waals surface area contributed by atoms with Crippen LogP contribution in [0.25, 0.3) is 0 Å². The van der Waals surface area contributed by atoms with Crippen molar-refractivity contribution in [2.75, 3.05) is 6.61 Å². The first kappa shape index (κ1) is 56.3. The third-order valence-corrected chi connectivity index (χ3v) is 9.81. The number of hydrogen-bond acceptors (Lipinski definition) is 3.